The van der Waals surface area contributed by atoms with Gasteiger partial charge in [0, 0.05) is 18.0 Å². The molecule has 0 saturated heterocycles. The summed E-state index contributed by atoms with van der Waals surface area (Å²) in [5, 5.41) is 0. The van der Waals surface area contributed by atoms with Crippen LogP contribution in [0.5, 0.6) is 0 Å². The minimum atomic E-state index is -0.425. The molecule has 0 bridgehead atoms. The van der Waals surface area contributed by atoms with Crippen LogP contribution in [0.2, 0.25) is 0 Å². The minimum Gasteiger partial charge on any atom is -0.296 e. The maximum absolute atomic E-state index is 13.4. The lowest BCUT2D eigenvalue weighted by molar-refractivity contribution is 0.619. The molecule has 3 nitrogen and oxygen atoms in total. The second kappa shape index (κ2) is 4.42. The van der Waals surface area contributed by atoms with E-state index in [-0.39, 0.29) is 5.82 Å². The maximum atomic E-state index is 13.4. The van der Waals surface area contributed by atoms with Crippen molar-refractivity contribution < 1.29 is 8.78 Å². The fourth-order valence-corrected chi connectivity index (χ4v) is 2.16. The molecule has 3 aromatic rings. The number of rotatable bonds is 2. The summed E-state index contributed by atoms with van der Waals surface area (Å²) in [5.74, 6) is -0.788. The van der Waals surface area contributed by atoms with Crippen molar-refractivity contribution in [2.45, 2.75) is 13.3 Å². The molecule has 0 fully saturated rings. The van der Waals surface area contributed by atoms with Crippen molar-refractivity contribution in [3.8, 4) is 11.3 Å². The average Bonchev–Trinajstić information content (AvgIpc) is 2.76. The van der Waals surface area contributed by atoms with Gasteiger partial charge in [-0.3, -0.25) is 9.38 Å². The summed E-state index contributed by atoms with van der Waals surface area (Å²) in [5.41, 5.74) is 2.70. The van der Waals surface area contributed by atoms with Crippen molar-refractivity contribution in [3.63, 3.8) is 0 Å². The van der Waals surface area contributed by atoms with E-state index in [0.29, 0.717) is 23.3 Å². The molecule has 19 heavy (non-hydrogen) atoms. The Morgan fingerprint density at radius 2 is 2.00 bits per heavy atom. The molecule has 5 heteroatoms. The first-order valence-corrected chi connectivity index (χ1v) is 5.96. The molecule has 0 amide bonds. The predicted molar refractivity (Wildman–Crippen MR) is 67.7 cm³/mol. The molecule has 0 aromatic carbocycles. The fourth-order valence-electron chi connectivity index (χ4n) is 2.16. The molecule has 0 radical (unpaired) electrons. The number of aryl methyl sites for hydroxylation is 1. The van der Waals surface area contributed by atoms with Crippen LogP contribution in [0.25, 0.3) is 16.9 Å². The van der Waals surface area contributed by atoms with Crippen LogP contribution in [-0.4, -0.2) is 14.4 Å². The molecule has 0 spiro atoms. The summed E-state index contributed by atoms with van der Waals surface area (Å²) < 4.78 is 28.3. The molecule has 0 atom stereocenters. The zero-order valence-corrected chi connectivity index (χ0v) is 10.3. The van der Waals surface area contributed by atoms with Crippen molar-refractivity contribution in [1.82, 2.24) is 14.4 Å². The van der Waals surface area contributed by atoms with Crippen LogP contribution >= 0.6 is 0 Å². The molecular weight excluding hydrogens is 248 g/mol. The lowest BCUT2D eigenvalue weighted by Crippen LogP contribution is -1.93. The first-order valence-electron chi connectivity index (χ1n) is 5.96. The van der Waals surface area contributed by atoms with Gasteiger partial charge in [-0.05, 0) is 24.6 Å². The molecule has 0 N–H and O–H groups in total. The number of hydrogen-bond acceptors (Lipinski definition) is 2. The van der Waals surface area contributed by atoms with Gasteiger partial charge in [-0.15, -0.1) is 0 Å². The highest BCUT2D eigenvalue weighted by atomic mass is 19.1. The van der Waals surface area contributed by atoms with Crippen molar-refractivity contribution in [3.05, 3.63) is 54.1 Å². The van der Waals surface area contributed by atoms with Gasteiger partial charge < -0.3 is 0 Å². The normalized spacial score (nSPS) is 11.1. The van der Waals surface area contributed by atoms with Gasteiger partial charge in [-0.2, -0.15) is 0 Å². The largest absolute Gasteiger partial charge is 0.296 e. The van der Waals surface area contributed by atoms with Crippen molar-refractivity contribution in [2.75, 3.05) is 0 Å². The molecule has 96 valence electrons. The Morgan fingerprint density at radius 3 is 2.74 bits per heavy atom. The molecule has 3 rings (SSSR count). The summed E-state index contributed by atoms with van der Waals surface area (Å²) >= 11 is 0. The molecule has 0 saturated carbocycles. The number of hydrogen-bond donors (Lipinski definition) is 0. The third kappa shape index (κ3) is 1.97. The second-order valence-corrected chi connectivity index (χ2v) is 4.23. The van der Waals surface area contributed by atoms with Crippen LogP contribution in [0.15, 0.2) is 36.8 Å². The standard InChI is InChI=1S/C14H11F2N3/c1-2-12-14(9-5-11(16)7-17-6-9)19-8-10(15)3-4-13(19)18-12/h3-8H,2H2,1H3. The van der Waals surface area contributed by atoms with E-state index in [9.17, 15) is 8.78 Å². The summed E-state index contributed by atoms with van der Waals surface area (Å²) in [6, 6.07) is 4.33. The van der Waals surface area contributed by atoms with E-state index >= 15 is 0 Å². The van der Waals surface area contributed by atoms with Gasteiger partial charge in [0.25, 0.3) is 0 Å². The average molecular weight is 259 g/mol. The fraction of sp³-hybridized carbons (Fsp3) is 0.143. The Kier molecular flexibility index (Phi) is 2.74. The van der Waals surface area contributed by atoms with Crippen molar-refractivity contribution in [2.24, 2.45) is 0 Å². The first-order chi connectivity index (χ1) is 9.19. The van der Waals surface area contributed by atoms with Crippen LogP contribution in [0, 0.1) is 11.6 Å². The Balaban J connectivity index is 2.34. The third-order valence-corrected chi connectivity index (χ3v) is 2.97. The van der Waals surface area contributed by atoms with Gasteiger partial charge in [0.05, 0.1) is 17.6 Å². The second-order valence-electron chi connectivity index (χ2n) is 4.23. The minimum absolute atomic E-state index is 0.363. The third-order valence-electron chi connectivity index (χ3n) is 2.97. The van der Waals surface area contributed by atoms with E-state index < -0.39 is 5.82 Å². The number of fused-ring (bicyclic) bond motifs is 1. The van der Waals surface area contributed by atoms with E-state index in [1.54, 1.807) is 16.7 Å². The van der Waals surface area contributed by atoms with Crippen LogP contribution < -0.4 is 0 Å². The Bertz CT molecular complexity index is 750. The summed E-state index contributed by atoms with van der Waals surface area (Å²) in [6.45, 7) is 1.95. The number of pyridine rings is 2. The highest BCUT2D eigenvalue weighted by Gasteiger charge is 2.14. The van der Waals surface area contributed by atoms with E-state index in [1.165, 1.54) is 18.3 Å². The van der Waals surface area contributed by atoms with Gasteiger partial charge >= 0.3 is 0 Å². The highest BCUT2D eigenvalue weighted by Crippen LogP contribution is 2.25. The molecule has 0 aliphatic heterocycles. The molecule has 3 heterocycles. The van der Waals surface area contributed by atoms with Crippen molar-refractivity contribution >= 4 is 5.65 Å². The molecule has 0 unspecified atom stereocenters. The first kappa shape index (κ1) is 11.8. The zero-order chi connectivity index (χ0) is 13.4. The van der Waals surface area contributed by atoms with Gasteiger partial charge in [0.15, 0.2) is 0 Å². The predicted octanol–water partition coefficient (Wildman–Crippen LogP) is 3.24. The number of halogens is 2. The molecular formula is C14H11F2N3. The Morgan fingerprint density at radius 1 is 1.16 bits per heavy atom. The number of imidazole rings is 1. The topological polar surface area (TPSA) is 30.2 Å². The lowest BCUT2D eigenvalue weighted by atomic mass is 10.1. The Labute approximate surface area is 108 Å². The smallest absolute Gasteiger partial charge is 0.142 e. The van der Waals surface area contributed by atoms with Gasteiger partial charge in [0.1, 0.15) is 17.3 Å². The van der Waals surface area contributed by atoms with E-state index in [2.05, 4.69) is 9.97 Å². The SMILES string of the molecule is CCc1nc2ccc(F)cn2c1-c1cncc(F)c1. The highest BCUT2D eigenvalue weighted by molar-refractivity contribution is 5.66. The van der Waals surface area contributed by atoms with E-state index in [4.69, 9.17) is 0 Å². The van der Waals surface area contributed by atoms with E-state index in [0.717, 1.165) is 11.9 Å². The maximum Gasteiger partial charge on any atom is 0.142 e. The van der Waals surface area contributed by atoms with Crippen LogP contribution in [0.1, 0.15) is 12.6 Å². The summed E-state index contributed by atoms with van der Waals surface area (Å²) in [4.78, 5) is 8.26. The quantitative estimate of drug-likeness (QED) is 0.707. The lowest BCUT2D eigenvalue weighted by Gasteiger charge is -2.04. The van der Waals surface area contributed by atoms with Crippen molar-refractivity contribution in [1.29, 1.82) is 0 Å². The number of aromatic nitrogens is 3. The zero-order valence-electron chi connectivity index (χ0n) is 10.3. The molecule has 0 aliphatic rings. The summed E-state index contributed by atoms with van der Waals surface area (Å²) in [7, 11) is 0. The van der Waals surface area contributed by atoms with Crippen LogP contribution in [0.4, 0.5) is 8.78 Å². The van der Waals surface area contributed by atoms with Crippen LogP contribution in [0.3, 0.4) is 0 Å². The van der Waals surface area contributed by atoms with E-state index in [1.807, 2.05) is 6.92 Å². The van der Waals surface area contributed by atoms with Gasteiger partial charge in [0.2, 0.25) is 0 Å². The van der Waals surface area contributed by atoms with Gasteiger partial charge in [-0.1, -0.05) is 6.92 Å². The summed E-state index contributed by atoms with van der Waals surface area (Å²) in [6.07, 6.45) is 4.71. The number of nitrogens with zero attached hydrogens (tertiary/aromatic N) is 3. The molecule has 3 aromatic heterocycles. The van der Waals surface area contributed by atoms with Gasteiger partial charge in [-0.25, -0.2) is 13.8 Å². The van der Waals surface area contributed by atoms with Crippen LogP contribution in [-0.2, 0) is 6.42 Å². The molecule has 0 aliphatic carbocycles. The Hall–Kier alpha value is -2.30. The monoisotopic (exact) mass is 259 g/mol.